The maximum Gasteiger partial charge on any atom is 0.435 e. The lowest BCUT2D eigenvalue weighted by atomic mass is 10.1. The van der Waals surface area contributed by atoms with Gasteiger partial charge in [-0.25, -0.2) is 9.78 Å². The molecule has 7 nitrogen and oxygen atoms in total. The van der Waals surface area contributed by atoms with Crippen LogP contribution in [0.1, 0.15) is 50.6 Å². The number of carbonyl (C=O) groups excluding carboxylic acids is 1. The molecule has 0 aliphatic carbocycles. The molecule has 224 valence electrons. The van der Waals surface area contributed by atoms with Gasteiger partial charge in [0.2, 0.25) is 12.2 Å². The highest BCUT2D eigenvalue weighted by atomic mass is 35.5. The van der Waals surface area contributed by atoms with Crippen LogP contribution >= 0.6 is 23.2 Å². The van der Waals surface area contributed by atoms with E-state index in [2.05, 4.69) is 4.98 Å². The van der Waals surface area contributed by atoms with Crippen molar-refractivity contribution >= 4 is 40.8 Å². The van der Waals surface area contributed by atoms with Gasteiger partial charge in [0.05, 0.1) is 28.4 Å². The topological polar surface area (TPSA) is 73.7 Å². The number of carbonyl (C=O) groups is 1. The summed E-state index contributed by atoms with van der Waals surface area (Å²) in [6, 6.07) is -1.44. The molecule has 0 radical (unpaired) electrons. The van der Waals surface area contributed by atoms with Crippen LogP contribution < -0.4 is 10.5 Å². The molecule has 2 rings (SSSR count). The van der Waals surface area contributed by atoms with Crippen molar-refractivity contribution < 1.29 is 53.8 Å². The second kappa shape index (κ2) is 12.0. The molecular weight excluding hydrogens is 612 g/mol. The summed E-state index contributed by atoms with van der Waals surface area (Å²) >= 11 is 11.5. The summed E-state index contributed by atoms with van der Waals surface area (Å²) in [5.74, 6) is -2.71. The third kappa shape index (κ3) is 6.94. The van der Waals surface area contributed by atoms with Crippen molar-refractivity contribution in [3.8, 4) is 0 Å². The highest BCUT2D eigenvalue weighted by Gasteiger charge is 2.45. The molecule has 1 aromatic heterocycles. The fraction of sp³-hybridized carbons (Fsp3) is 0.500. The Morgan fingerprint density at radius 1 is 0.950 bits per heavy atom. The van der Waals surface area contributed by atoms with Crippen molar-refractivity contribution in [3.63, 3.8) is 0 Å². The lowest BCUT2D eigenvalue weighted by Crippen LogP contribution is -2.45. The van der Waals surface area contributed by atoms with Gasteiger partial charge >= 0.3 is 24.5 Å². The third-order valence-electron chi connectivity index (χ3n) is 5.04. The van der Waals surface area contributed by atoms with Crippen LogP contribution in [0.15, 0.2) is 16.9 Å². The van der Waals surface area contributed by atoms with Gasteiger partial charge in [0, 0.05) is 12.6 Å². The van der Waals surface area contributed by atoms with E-state index in [4.69, 9.17) is 32.7 Å². The maximum atomic E-state index is 13.8. The van der Waals surface area contributed by atoms with Gasteiger partial charge in [-0.2, -0.15) is 39.5 Å². The van der Waals surface area contributed by atoms with E-state index < -0.39 is 87.4 Å². The molecule has 0 spiro atoms. The molecule has 0 N–H and O–H groups in total. The minimum absolute atomic E-state index is 0.0432. The Kier molecular flexibility index (Phi) is 10.1. The van der Waals surface area contributed by atoms with Crippen LogP contribution in [0.5, 0.6) is 0 Å². The summed E-state index contributed by atoms with van der Waals surface area (Å²) in [6.07, 6.45) is -18.7. The highest BCUT2D eigenvalue weighted by molar-refractivity contribution is 6.34. The first kappa shape index (κ1) is 33.5. The Morgan fingerprint density at radius 2 is 1.52 bits per heavy atom. The van der Waals surface area contributed by atoms with Crippen LogP contribution in [-0.2, 0) is 32.8 Å². The second-order valence-electron chi connectivity index (χ2n) is 8.12. The van der Waals surface area contributed by atoms with Crippen LogP contribution in [-0.4, -0.2) is 35.0 Å². The van der Waals surface area contributed by atoms with E-state index in [0.29, 0.717) is 4.57 Å². The number of ether oxygens (including phenoxy) is 2. The van der Waals surface area contributed by atoms with Crippen molar-refractivity contribution in [2.75, 3.05) is 18.1 Å². The SMILES string of the molecule is CCOC(=O)C(OCC)N(c1cc(C(F)(F)F)cc(C(F)(F)F)c1Cl)c1nc(C(F)(F)F)c(Cl)c(=O)n1C(C)C. The summed E-state index contributed by atoms with van der Waals surface area (Å²) in [5.41, 5.74) is -8.91. The van der Waals surface area contributed by atoms with E-state index in [1.165, 1.54) is 27.7 Å². The van der Waals surface area contributed by atoms with Gasteiger partial charge in [0.1, 0.15) is 5.02 Å². The molecule has 1 unspecified atom stereocenters. The number of nitrogens with zero attached hydrogens (tertiary/aromatic N) is 3. The van der Waals surface area contributed by atoms with Crippen LogP contribution in [0.25, 0.3) is 0 Å². The summed E-state index contributed by atoms with van der Waals surface area (Å²) < 4.78 is 134. The number of benzene rings is 1. The van der Waals surface area contributed by atoms with Crippen molar-refractivity contribution in [1.29, 1.82) is 0 Å². The van der Waals surface area contributed by atoms with Gasteiger partial charge < -0.3 is 9.47 Å². The van der Waals surface area contributed by atoms with E-state index >= 15 is 0 Å². The fourth-order valence-corrected chi connectivity index (χ4v) is 3.98. The molecule has 0 aliphatic rings. The first-order chi connectivity index (χ1) is 18.2. The summed E-state index contributed by atoms with van der Waals surface area (Å²) in [4.78, 5) is 29.2. The number of alkyl halides is 9. The molecule has 0 bridgehead atoms. The Balaban J connectivity index is 3.27. The quantitative estimate of drug-likeness (QED) is 0.174. The lowest BCUT2D eigenvalue weighted by Gasteiger charge is -2.34. The van der Waals surface area contributed by atoms with Crippen molar-refractivity contribution in [1.82, 2.24) is 9.55 Å². The molecule has 0 aliphatic heterocycles. The van der Waals surface area contributed by atoms with Gasteiger partial charge in [-0.3, -0.25) is 14.3 Å². The average molecular weight is 632 g/mol. The zero-order valence-corrected chi connectivity index (χ0v) is 22.4. The van der Waals surface area contributed by atoms with Crippen LogP contribution in [0.2, 0.25) is 10.0 Å². The number of anilines is 2. The highest BCUT2D eigenvalue weighted by Crippen LogP contribution is 2.46. The molecule has 18 heteroatoms. The Labute approximate surface area is 230 Å². The standard InChI is InChI=1S/C22H20Cl2F9N3O4/c1-5-39-17(18(38)40-6-2)36(12-8-10(20(25,26)27)7-11(13(12)23)21(28,29)30)19-34-15(22(31,32)33)14(24)16(37)35(19)9(3)4/h7-9,17H,5-6H2,1-4H3. The smallest absolute Gasteiger partial charge is 0.435 e. The normalized spacial score (nSPS) is 13.5. The van der Waals surface area contributed by atoms with Gasteiger partial charge in [0.15, 0.2) is 5.69 Å². The molecule has 2 aromatic rings. The maximum absolute atomic E-state index is 13.8. The first-order valence-electron chi connectivity index (χ1n) is 11.1. The van der Waals surface area contributed by atoms with Gasteiger partial charge in [0.25, 0.3) is 5.56 Å². The van der Waals surface area contributed by atoms with E-state index in [1.54, 1.807) is 0 Å². The van der Waals surface area contributed by atoms with E-state index in [9.17, 15) is 49.1 Å². The van der Waals surface area contributed by atoms with E-state index in [-0.39, 0.29) is 23.6 Å². The third-order valence-corrected chi connectivity index (χ3v) is 5.77. The molecule has 1 aromatic carbocycles. The lowest BCUT2D eigenvalue weighted by molar-refractivity contribution is -0.155. The zero-order chi connectivity index (χ0) is 31.0. The number of hydrogen-bond donors (Lipinski definition) is 0. The molecule has 0 amide bonds. The van der Waals surface area contributed by atoms with Gasteiger partial charge in [-0.05, 0) is 39.8 Å². The molecule has 0 saturated carbocycles. The van der Waals surface area contributed by atoms with Crippen molar-refractivity contribution in [2.24, 2.45) is 0 Å². The summed E-state index contributed by atoms with van der Waals surface area (Å²) in [6.45, 7) is 4.14. The minimum atomic E-state index is -5.51. The number of esters is 1. The summed E-state index contributed by atoms with van der Waals surface area (Å²) in [7, 11) is 0. The number of aromatic nitrogens is 2. The minimum Gasteiger partial charge on any atom is -0.463 e. The zero-order valence-electron chi connectivity index (χ0n) is 20.9. The number of hydrogen-bond acceptors (Lipinski definition) is 6. The van der Waals surface area contributed by atoms with Crippen molar-refractivity contribution in [3.05, 3.63) is 49.4 Å². The molecule has 1 atom stereocenters. The predicted octanol–water partition coefficient (Wildman–Crippen LogP) is 7.25. The Bertz CT molecular complexity index is 1310. The van der Waals surface area contributed by atoms with Crippen molar-refractivity contribution in [2.45, 2.75) is 58.5 Å². The van der Waals surface area contributed by atoms with Gasteiger partial charge in [-0.1, -0.05) is 23.2 Å². The molecule has 40 heavy (non-hydrogen) atoms. The molecular formula is C22H20Cl2F9N3O4. The Morgan fingerprint density at radius 3 is 1.95 bits per heavy atom. The largest absolute Gasteiger partial charge is 0.463 e. The Hall–Kier alpha value is -2.72. The number of rotatable bonds is 8. The first-order valence-corrected chi connectivity index (χ1v) is 11.9. The number of halogens is 11. The summed E-state index contributed by atoms with van der Waals surface area (Å²) in [5, 5.41) is -2.91. The fourth-order valence-electron chi connectivity index (χ4n) is 3.44. The van der Waals surface area contributed by atoms with Crippen LogP contribution in [0.3, 0.4) is 0 Å². The van der Waals surface area contributed by atoms with Gasteiger partial charge in [-0.15, -0.1) is 0 Å². The van der Waals surface area contributed by atoms with Crippen LogP contribution in [0, 0.1) is 0 Å². The molecule has 0 fully saturated rings. The monoisotopic (exact) mass is 631 g/mol. The van der Waals surface area contributed by atoms with E-state index in [0.717, 1.165) is 0 Å². The molecule has 1 heterocycles. The van der Waals surface area contributed by atoms with Crippen LogP contribution in [0.4, 0.5) is 51.1 Å². The predicted molar refractivity (Wildman–Crippen MR) is 125 cm³/mol. The average Bonchev–Trinajstić information content (AvgIpc) is 2.79. The van der Waals surface area contributed by atoms with E-state index in [1.807, 2.05) is 0 Å². The second-order valence-corrected chi connectivity index (χ2v) is 8.88. The molecule has 0 saturated heterocycles.